The molecule has 8 nitrogen and oxygen atoms in total. The minimum absolute atomic E-state index is 0.0863. The molecule has 0 aliphatic carbocycles. The van der Waals surface area contributed by atoms with Crippen molar-refractivity contribution >= 4 is 34.6 Å². The van der Waals surface area contributed by atoms with Crippen LogP contribution in [-0.2, 0) is 6.42 Å². The molecule has 8 heteroatoms. The Balaban J connectivity index is 1.43. The van der Waals surface area contributed by atoms with Gasteiger partial charge in [0.2, 0.25) is 0 Å². The van der Waals surface area contributed by atoms with Crippen molar-refractivity contribution < 1.29 is 9.84 Å². The molecule has 0 saturated heterocycles. The van der Waals surface area contributed by atoms with E-state index in [-0.39, 0.29) is 11.8 Å². The molecule has 3 heterocycles. The summed E-state index contributed by atoms with van der Waals surface area (Å²) in [6.45, 7) is 4.23. The van der Waals surface area contributed by atoms with Gasteiger partial charge in [0.15, 0.2) is 29.0 Å². The van der Waals surface area contributed by atoms with Gasteiger partial charge in [-0.15, -0.1) is 0 Å². The lowest BCUT2D eigenvalue weighted by Gasteiger charge is -2.40. The third-order valence-corrected chi connectivity index (χ3v) is 8.19. The molecule has 0 radical (unpaired) electrons. The molecule has 0 fully saturated rings. The first-order chi connectivity index (χ1) is 21.6. The predicted octanol–water partition coefficient (Wildman–Crippen LogP) is 8.03. The van der Waals surface area contributed by atoms with Gasteiger partial charge in [0, 0.05) is 11.3 Å². The van der Waals surface area contributed by atoms with Gasteiger partial charge in [-0.2, -0.15) is 5.10 Å². The van der Waals surface area contributed by atoms with Crippen molar-refractivity contribution in [2.45, 2.75) is 39.2 Å². The van der Waals surface area contributed by atoms with Gasteiger partial charge in [0.1, 0.15) is 0 Å². The van der Waals surface area contributed by atoms with Gasteiger partial charge in [-0.3, -0.25) is 0 Å². The summed E-state index contributed by atoms with van der Waals surface area (Å²) in [4.78, 5) is 12.6. The van der Waals surface area contributed by atoms with Gasteiger partial charge in [0.25, 0.3) is 0 Å². The molecule has 0 bridgehead atoms. The molecular weight excluding hydrogens is 548 g/mol. The quantitative estimate of drug-likeness (QED) is 0.203. The zero-order valence-electron chi connectivity index (χ0n) is 25.0. The number of phenolic OH excluding ortho intramolecular Hbond substituents is 1. The number of methoxy groups -OCH3 is 1. The lowest BCUT2D eigenvalue weighted by Crippen LogP contribution is -2.46. The van der Waals surface area contributed by atoms with Crippen LogP contribution in [0.5, 0.6) is 11.5 Å². The predicted molar refractivity (Wildman–Crippen MR) is 177 cm³/mol. The number of rotatable bonds is 7. The Morgan fingerprint density at radius 1 is 0.909 bits per heavy atom. The number of hydrogen-bond acceptors (Lipinski definition) is 7. The molecule has 1 aromatic heterocycles. The van der Waals surface area contributed by atoms with Crippen LogP contribution in [0.2, 0.25) is 0 Å². The van der Waals surface area contributed by atoms with Crippen molar-refractivity contribution in [2.24, 2.45) is 9.98 Å². The first kappa shape index (κ1) is 27.5. The lowest BCUT2D eigenvalue weighted by atomic mass is 9.93. The van der Waals surface area contributed by atoms with E-state index in [1.54, 1.807) is 13.2 Å². The summed E-state index contributed by atoms with van der Waals surface area (Å²) >= 11 is 0. The van der Waals surface area contributed by atoms with Crippen LogP contribution >= 0.6 is 0 Å². The van der Waals surface area contributed by atoms with Crippen LogP contribution in [0.25, 0.3) is 5.69 Å². The topological polar surface area (TPSA) is 87.3 Å². The fourth-order valence-electron chi connectivity index (χ4n) is 6.00. The van der Waals surface area contributed by atoms with Gasteiger partial charge in [-0.25, -0.2) is 14.7 Å². The smallest absolute Gasteiger partial charge is 0.179 e. The maximum atomic E-state index is 10.5. The lowest BCUT2D eigenvalue weighted by molar-refractivity contribution is 0.372. The second-order valence-electron chi connectivity index (χ2n) is 11.1. The first-order valence-electron chi connectivity index (χ1n) is 15.0. The third-order valence-electron chi connectivity index (χ3n) is 8.19. The maximum Gasteiger partial charge on any atom is 0.179 e. The summed E-state index contributed by atoms with van der Waals surface area (Å²) < 4.78 is 7.46. The van der Waals surface area contributed by atoms with Crippen molar-refractivity contribution in [3.8, 4) is 17.2 Å². The fraction of sp³-hybridized carbons (Fsp3) is 0.194. The van der Waals surface area contributed by atoms with Crippen LogP contribution in [0.15, 0.2) is 107 Å². The monoisotopic (exact) mass is 582 g/mol. The molecule has 7 rings (SSSR count). The SMILES string of the molecule is CCCCc1ccc(NC2=Nc3ccccc3N3C2=Nc2c(c(C)nn2-c2ccccc2)C3c2ccc(O)c(OC)c2)cc1. The average molecular weight is 583 g/mol. The van der Waals surface area contributed by atoms with Crippen LogP contribution in [0, 0.1) is 6.92 Å². The number of nitrogens with one attached hydrogen (secondary N) is 1. The highest BCUT2D eigenvalue weighted by atomic mass is 16.5. The molecule has 220 valence electrons. The molecule has 0 saturated carbocycles. The number of aryl methyl sites for hydroxylation is 2. The highest BCUT2D eigenvalue weighted by Gasteiger charge is 2.41. The van der Waals surface area contributed by atoms with Gasteiger partial charge in [-0.1, -0.05) is 61.9 Å². The van der Waals surface area contributed by atoms with Crippen molar-refractivity contribution in [1.29, 1.82) is 0 Å². The Kier molecular flexibility index (Phi) is 7.10. The van der Waals surface area contributed by atoms with E-state index in [1.807, 2.05) is 72.3 Å². The summed E-state index contributed by atoms with van der Waals surface area (Å²) in [6.07, 6.45) is 3.40. The summed E-state index contributed by atoms with van der Waals surface area (Å²) in [5.74, 6) is 2.55. The van der Waals surface area contributed by atoms with E-state index in [0.29, 0.717) is 17.4 Å². The first-order valence-corrected chi connectivity index (χ1v) is 15.0. The Hall–Kier alpha value is -5.37. The number of para-hydroxylation sites is 3. The van der Waals surface area contributed by atoms with Crippen LogP contribution in [0.4, 0.5) is 22.9 Å². The van der Waals surface area contributed by atoms with Gasteiger partial charge >= 0.3 is 0 Å². The Labute approximate surface area is 257 Å². The molecule has 2 aliphatic rings. The number of benzene rings is 4. The van der Waals surface area contributed by atoms with Crippen LogP contribution in [0.3, 0.4) is 0 Å². The van der Waals surface area contributed by atoms with Crippen molar-refractivity contribution in [3.05, 3.63) is 119 Å². The van der Waals surface area contributed by atoms with Gasteiger partial charge < -0.3 is 20.1 Å². The van der Waals surface area contributed by atoms with Crippen molar-refractivity contribution in [1.82, 2.24) is 9.78 Å². The average Bonchev–Trinajstić information content (AvgIpc) is 3.40. The number of aromatic nitrogens is 2. The Morgan fingerprint density at radius 3 is 2.45 bits per heavy atom. The van der Waals surface area contributed by atoms with Crippen LogP contribution < -0.4 is 15.0 Å². The van der Waals surface area contributed by atoms with E-state index >= 15 is 0 Å². The molecule has 2 aliphatic heterocycles. The Morgan fingerprint density at radius 2 is 1.68 bits per heavy atom. The number of aromatic hydroxyl groups is 1. The number of hydrogen-bond donors (Lipinski definition) is 2. The molecule has 44 heavy (non-hydrogen) atoms. The summed E-state index contributed by atoms with van der Waals surface area (Å²) in [5.41, 5.74) is 7.71. The largest absolute Gasteiger partial charge is 0.504 e. The number of phenols is 1. The highest BCUT2D eigenvalue weighted by molar-refractivity contribution is 6.51. The standard InChI is InChI=1S/C36H34N6O2/c1-4-5-11-24-16-19-26(20-17-24)37-34-36-39-35-32(23(2)40-42(35)27-12-7-6-8-13-27)33(25-18-21-30(43)31(22-25)44-3)41(36)29-15-10-9-14-28(29)38-34/h6-10,12-22,33,43H,4-5,11H2,1-3H3,(H,37,38). The zero-order valence-corrected chi connectivity index (χ0v) is 25.0. The normalized spacial score (nSPS) is 15.1. The summed E-state index contributed by atoms with van der Waals surface area (Å²) in [5, 5.41) is 19.1. The van der Waals surface area contributed by atoms with E-state index in [1.165, 1.54) is 18.4 Å². The van der Waals surface area contributed by atoms with Crippen LogP contribution in [-0.4, -0.2) is 33.7 Å². The molecule has 4 aromatic carbocycles. The van der Waals surface area contributed by atoms with Gasteiger partial charge in [0.05, 0.1) is 35.9 Å². The minimum Gasteiger partial charge on any atom is -0.504 e. The van der Waals surface area contributed by atoms with E-state index in [9.17, 15) is 5.11 Å². The molecule has 2 N–H and O–H groups in total. The number of amidine groups is 2. The van der Waals surface area contributed by atoms with Crippen LogP contribution in [0.1, 0.15) is 48.2 Å². The molecule has 1 atom stereocenters. The number of aliphatic imine (C=N–C) groups is 2. The van der Waals surface area contributed by atoms with E-state index in [0.717, 1.165) is 51.8 Å². The van der Waals surface area contributed by atoms with Crippen molar-refractivity contribution in [3.63, 3.8) is 0 Å². The number of anilines is 2. The second kappa shape index (κ2) is 11.4. The van der Waals surface area contributed by atoms with Gasteiger partial charge in [-0.05, 0) is 79.4 Å². The van der Waals surface area contributed by atoms with E-state index < -0.39 is 0 Å². The number of fused-ring (bicyclic) bond motifs is 4. The fourth-order valence-corrected chi connectivity index (χ4v) is 6.00. The Bertz CT molecular complexity index is 1890. The molecule has 0 amide bonds. The van der Waals surface area contributed by atoms with E-state index in [4.69, 9.17) is 19.8 Å². The second-order valence-corrected chi connectivity index (χ2v) is 11.1. The third kappa shape index (κ3) is 4.78. The number of nitrogens with zero attached hydrogens (tertiary/aromatic N) is 5. The molecule has 1 unspecified atom stereocenters. The highest BCUT2D eigenvalue weighted by Crippen LogP contribution is 2.49. The zero-order chi connectivity index (χ0) is 30.2. The molecule has 5 aromatic rings. The van der Waals surface area contributed by atoms with E-state index in [2.05, 4.69) is 47.5 Å². The summed E-state index contributed by atoms with van der Waals surface area (Å²) in [7, 11) is 1.56. The number of unbranched alkanes of at least 4 members (excludes halogenated alkanes) is 1. The maximum absolute atomic E-state index is 10.5. The van der Waals surface area contributed by atoms with Crippen molar-refractivity contribution in [2.75, 3.05) is 17.3 Å². The molecular formula is C36H34N6O2. The molecule has 0 spiro atoms. The minimum atomic E-state index is -0.325. The number of ether oxygens (including phenoxy) is 1. The summed E-state index contributed by atoms with van der Waals surface area (Å²) in [6, 6.07) is 31.9.